The van der Waals surface area contributed by atoms with E-state index in [2.05, 4.69) is 16.1 Å². The number of nitrogens with two attached hydrogens (primary N) is 1. The van der Waals surface area contributed by atoms with Crippen molar-refractivity contribution in [2.24, 2.45) is 7.05 Å². The van der Waals surface area contributed by atoms with Crippen molar-refractivity contribution < 1.29 is 4.79 Å². The second kappa shape index (κ2) is 4.74. The van der Waals surface area contributed by atoms with Crippen molar-refractivity contribution >= 4 is 11.6 Å². The number of hydrogen-bond acceptors (Lipinski definition) is 5. The molecule has 2 rings (SSSR count). The van der Waals surface area contributed by atoms with Gasteiger partial charge in [-0.25, -0.2) is 10.4 Å². The van der Waals surface area contributed by atoms with Gasteiger partial charge in [-0.2, -0.15) is 0 Å². The normalized spacial score (nSPS) is 22.5. The molecule has 2 heterocycles. The van der Waals surface area contributed by atoms with Crippen LogP contribution in [0.1, 0.15) is 10.5 Å². The molecule has 1 saturated heterocycles. The number of aromatic nitrogens is 1. The van der Waals surface area contributed by atoms with Gasteiger partial charge < -0.3 is 15.6 Å². The number of aryl methyl sites for hydroxylation is 1. The Morgan fingerprint density at radius 3 is 2.76 bits per heavy atom. The number of carbonyl (C=O) groups is 1. The number of amides is 1. The lowest BCUT2D eigenvalue weighted by Gasteiger charge is -2.06. The lowest BCUT2D eigenvalue weighted by Crippen LogP contribution is -2.34. The molecule has 5 N–H and O–H groups in total. The summed E-state index contributed by atoms with van der Waals surface area (Å²) >= 11 is 0. The third kappa shape index (κ3) is 2.96. The van der Waals surface area contributed by atoms with Gasteiger partial charge in [-0.1, -0.05) is 0 Å². The Morgan fingerprint density at radius 1 is 1.53 bits per heavy atom. The Bertz CT molecular complexity index is 415. The predicted molar refractivity (Wildman–Crippen MR) is 64.8 cm³/mol. The summed E-state index contributed by atoms with van der Waals surface area (Å²) in [5, 5.41) is 7.97. The topological polar surface area (TPSA) is 97.0 Å². The molecule has 7 nitrogen and oxygen atoms in total. The van der Waals surface area contributed by atoms with E-state index in [4.69, 9.17) is 5.73 Å². The summed E-state index contributed by atoms with van der Waals surface area (Å²) in [6.07, 6.45) is 1.95. The zero-order valence-corrected chi connectivity index (χ0v) is 10.0. The summed E-state index contributed by atoms with van der Waals surface area (Å²) in [7, 11) is 3.75. The Kier molecular flexibility index (Phi) is 3.32. The number of anilines is 1. The fraction of sp³-hybridized carbons (Fsp3) is 0.500. The second-order valence-electron chi connectivity index (χ2n) is 4.12. The summed E-state index contributed by atoms with van der Waals surface area (Å²) < 4.78 is 1.72. The Labute approximate surface area is 99.9 Å². The van der Waals surface area contributed by atoms with Crippen molar-refractivity contribution in [3.63, 3.8) is 0 Å². The molecule has 0 bridgehead atoms. The van der Waals surface area contributed by atoms with Gasteiger partial charge in [0.25, 0.3) is 5.91 Å². The van der Waals surface area contributed by atoms with Crippen molar-refractivity contribution in [3.05, 3.63) is 18.0 Å². The van der Waals surface area contributed by atoms with Crippen LogP contribution in [0.5, 0.6) is 0 Å². The molecule has 17 heavy (non-hydrogen) atoms. The highest BCUT2D eigenvalue weighted by Gasteiger charge is 2.27. The highest BCUT2D eigenvalue weighted by atomic mass is 16.1. The maximum Gasteiger partial charge on any atom is 0.268 e. The molecule has 0 spiro atoms. The van der Waals surface area contributed by atoms with Crippen LogP contribution >= 0.6 is 0 Å². The molecule has 2 atom stereocenters. The van der Waals surface area contributed by atoms with E-state index in [1.54, 1.807) is 23.9 Å². The van der Waals surface area contributed by atoms with Gasteiger partial charge in [0.15, 0.2) is 0 Å². The molecule has 0 radical (unpaired) electrons. The van der Waals surface area contributed by atoms with E-state index < -0.39 is 0 Å². The number of nitrogens with zero attached hydrogens (tertiary/aromatic N) is 2. The lowest BCUT2D eigenvalue weighted by molar-refractivity contribution is 0.0945. The van der Waals surface area contributed by atoms with Crippen LogP contribution in [0, 0.1) is 0 Å². The Morgan fingerprint density at radius 2 is 2.24 bits per heavy atom. The Balaban J connectivity index is 1.71. The molecule has 1 aromatic rings. The summed E-state index contributed by atoms with van der Waals surface area (Å²) in [5.74, 6) is -0.108. The maximum atomic E-state index is 11.8. The van der Waals surface area contributed by atoms with Gasteiger partial charge in [0, 0.05) is 33.4 Å². The number of rotatable bonds is 5. The third-order valence-electron chi connectivity index (χ3n) is 2.65. The van der Waals surface area contributed by atoms with Crippen LogP contribution in [0.3, 0.4) is 0 Å². The molecule has 1 aliphatic heterocycles. The summed E-state index contributed by atoms with van der Waals surface area (Å²) in [5.41, 5.74) is 9.83. The average molecular weight is 238 g/mol. The van der Waals surface area contributed by atoms with E-state index in [1.807, 2.05) is 12.1 Å². The van der Waals surface area contributed by atoms with Crippen molar-refractivity contribution in [1.29, 1.82) is 0 Å². The van der Waals surface area contributed by atoms with Gasteiger partial charge in [-0.3, -0.25) is 10.1 Å². The molecular formula is C10H18N6O. The van der Waals surface area contributed by atoms with Crippen LogP contribution < -0.4 is 21.8 Å². The van der Waals surface area contributed by atoms with Gasteiger partial charge in [-0.15, -0.1) is 0 Å². The molecule has 94 valence electrons. The summed E-state index contributed by atoms with van der Waals surface area (Å²) in [6, 6.07) is 1.67. The Hall–Kier alpha value is -1.57. The number of nitrogens with one attached hydrogen (secondary N) is 3. The zero-order valence-electron chi connectivity index (χ0n) is 10.0. The smallest absolute Gasteiger partial charge is 0.268 e. The van der Waals surface area contributed by atoms with E-state index in [0.29, 0.717) is 24.5 Å². The van der Waals surface area contributed by atoms with Crippen molar-refractivity contribution in [2.45, 2.75) is 6.29 Å². The fourth-order valence-corrected chi connectivity index (χ4v) is 1.63. The highest BCUT2D eigenvalue weighted by Crippen LogP contribution is 2.07. The summed E-state index contributed by atoms with van der Waals surface area (Å²) in [6.45, 7) is 1.30. The van der Waals surface area contributed by atoms with Gasteiger partial charge >= 0.3 is 0 Å². The first-order valence-electron chi connectivity index (χ1n) is 5.50. The van der Waals surface area contributed by atoms with Crippen LogP contribution in [0.4, 0.5) is 5.69 Å². The SMILES string of the molecule is CN1NC1NCCNC(=O)c1cc(N)cn1C. The molecule has 1 amide bonds. The molecule has 0 aliphatic carbocycles. The maximum absolute atomic E-state index is 11.8. The van der Waals surface area contributed by atoms with Gasteiger partial charge in [0.2, 0.25) is 0 Å². The first kappa shape index (κ1) is 11.9. The largest absolute Gasteiger partial charge is 0.397 e. The quantitative estimate of drug-likeness (QED) is 0.376. The number of carbonyl (C=O) groups excluding carboxylic acids is 1. The van der Waals surface area contributed by atoms with Crippen molar-refractivity contribution in [2.75, 3.05) is 25.9 Å². The van der Waals surface area contributed by atoms with Gasteiger partial charge in [0.05, 0.1) is 5.69 Å². The molecule has 0 aromatic carbocycles. The molecule has 7 heteroatoms. The molecule has 1 fully saturated rings. The lowest BCUT2D eigenvalue weighted by atomic mass is 10.4. The van der Waals surface area contributed by atoms with E-state index in [-0.39, 0.29) is 12.2 Å². The van der Waals surface area contributed by atoms with Crippen LogP contribution in [-0.2, 0) is 7.05 Å². The second-order valence-corrected chi connectivity index (χ2v) is 4.12. The van der Waals surface area contributed by atoms with E-state index >= 15 is 0 Å². The monoisotopic (exact) mass is 238 g/mol. The molecule has 2 unspecified atom stereocenters. The van der Waals surface area contributed by atoms with Gasteiger partial charge in [-0.05, 0) is 6.07 Å². The van der Waals surface area contributed by atoms with E-state index in [9.17, 15) is 4.79 Å². The number of hydrogen-bond donors (Lipinski definition) is 4. The number of nitrogen functional groups attached to an aromatic ring is 1. The van der Waals surface area contributed by atoms with Crippen LogP contribution in [0.25, 0.3) is 0 Å². The van der Waals surface area contributed by atoms with Crippen LogP contribution in [-0.4, -0.2) is 41.9 Å². The molecule has 1 aliphatic rings. The minimum atomic E-state index is -0.108. The third-order valence-corrected chi connectivity index (χ3v) is 2.65. The minimum Gasteiger partial charge on any atom is -0.397 e. The minimum absolute atomic E-state index is 0.108. The molecule has 1 aromatic heterocycles. The predicted octanol–water partition coefficient (Wildman–Crippen LogP) is -1.34. The van der Waals surface area contributed by atoms with E-state index in [1.165, 1.54) is 0 Å². The average Bonchev–Trinajstić information content (AvgIpc) is 2.85. The van der Waals surface area contributed by atoms with Gasteiger partial charge in [0.1, 0.15) is 12.0 Å². The van der Waals surface area contributed by atoms with Crippen molar-refractivity contribution in [3.8, 4) is 0 Å². The number of hydrazine groups is 1. The molecular weight excluding hydrogens is 220 g/mol. The van der Waals surface area contributed by atoms with Crippen LogP contribution in [0.2, 0.25) is 0 Å². The highest BCUT2D eigenvalue weighted by molar-refractivity contribution is 5.93. The fourth-order valence-electron chi connectivity index (χ4n) is 1.63. The first-order chi connectivity index (χ1) is 8.08. The first-order valence-corrected chi connectivity index (χ1v) is 5.50. The standard InChI is InChI=1S/C10H18N6O/c1-15-6-7(11)5-8(15)9(17)12-3-4-13-10-14-16(10)2/h5-6,10,13-14H,3-4,11H2,1-2H3,(H,12,17). The van der Waals surface area contributed by atoms with E-state index in [0.717, 1.165) is 0 Å². The van der Waals surface area contributed by atoms with Crippen molar-refractivity contribution in [1.82, 2.24) is 25.6 Å². The summed E-state index contributed by atoms with van der Waals surface area (Å²) in [4.78, 5) is 11.8. The van der Waals surface area contributed by atoms with Crippen LogP contribution in [0.15, 0.2) is 12.3 Å². The zero-order chi connectivity index (χ0) is 12.4. The molecule has 0 saturated carbocycles.